The number of nitro groups is 1. The number of carbonyl (C=O) groups excluding carboxylic acids is 1. The minimum absolute atomic E-state index is 0.0173. The quantitative estimate of drug-likeness (QED) is 0.286. The van der Waals surface area contributed by atoms with E-state index in [0.717, 1.165) is 16.2 Å². The van der Waals surface area contributed by atoms with Crippen molar-refractivity contribution in [3.8, 4) is 17.1 Å². The third-order valence-corrected chi connectivity index (χ3v) is 5.04. The number of aromatic amines is 1. The summed E-state index contributed by atoms with van der Waals surface area (Å²) in [5.74, 6) is 0.0916. The van der Waals surface area contributed by atoms with Crippen LogP contribution < -0.4 is 5.32 Å². The molecule has 0 spiro atoms. The van der Waals surface area contributed by atoms with Crippen molar-refractivity contribution in [2.75, 3.05) is 11.1 Å². The minimum atomic E-state index is -0.494. The van der Waals surface area contributed by atoms with Crippen molar-refractivity contribution >= 4 is 45.0 Å². The number of nitro benzene ring substituents is 1. The molecule has 28 heavy (non-hydrogen) atoms. The van der Waals surface area contributed by atoms with Gasteiger partial charge in [0.15, 0.2) is 5.82 Å². The molecule has 2 aromatic carbocycles. The Bertz CT molecular complexity index is 1060. The van der Waals surface area contributed by atoms with Crippen LogP contribution >= 0.6 is 27.7 Å². The maximum absolute atomic E-state index is 12.1. The third kappa shape index (κ3) is 4.67. The van der Waals surface area contributed by atoms with E-state index in [0.29, 0.717) is 27.8 Å². The number of phenolic OH excluding ortho intramolecular Hbond substituents is 1. The van der Waals surface area contributed by atoms with Gasteiger partial charge in [0.1, 0.15) is 5.75 Å². The predicted octanol–water partition coefficient (Wildman–Crippen LogP) is 3.89. The zero-order valence-corrected chi connectivity index (χ0v) is 16.9. The van der Waals surface area contributed by atoms with Crippen LogP contribution in [0.5, 0.6) is 5.75 Å². The fourth-order valence-corrected chi connectivity index (χ4v) is 3.30. The van der Waals surface area contributed by atoms with Gasteiger partial charge in [0.25, 0.3) is 5.69 Å². The SMILES string of the molecule is Cc1ccc(NC(=O)CSc2n[nH]c(-c3cc(Br)ccc3O)n2)cc1[N+](=O)[O-]. The van der Waals surface area contributed by atoms with E-state index in [4.69, 9.17) is 0 Å². The molecule has 9 nitrogen and oxygen atoms in total. The molecule has 3 N–H and O–H groups in total. The summed E-state index contributed by atoms with van der Waals surface area (Å²) < 4.78 is 0.775. The normalized spacial score (nSPS) is 10.6. The van der Waals surface area contributed by atoms with Gasteiger partial charge in [0.2, 0.25) is 11.1 Å². The van der Waals surface area contributed by atoms with E-state index in [1.807, 2.05) is 0 Å². The van der Waals surface area contributed by atoms with E-state index < -0.39 is 4.92 Å². The van der Waals surface area contributed by atoms with Crippen LogP contribution in [-0.2, 0) is 4.79 Å². The van der Waals surface area contributed by atoms with Crippen molar-refractivity contribution in [1.82, 2.24) is 15.2 Å². The number of phenols is 1. The van der Waals surface area contributed by atoms with E-state index in [9.17, 15) is 20.0 Å². The number of aryl methyl sites for hydroxylation is 1. The maximum atomic E-state index is 12.1. The molecule has 0 aliphatic heterocycles. The number of rotatable bonds is 6. The third-order valence-electron chi connectivity index (χ3n) is 3.70. The molecule has 0 aliphatic carbocycles. The lowest BCUT2D eigenvalue weighted by atomic mass is 10.2. The standard InChI is InChI=1S/C17H14BrN5O4S/c1-9-2-4-11(7-13(9)23(26)27)19-15(25)8-28-17-20-16(21-22-17)12-6-10(18)3-5-14(12)24/h2-7,24H,8H2,1H3,(H,19,25)(H,20,21,22). The number of hydrogen-bond acceptors (Lipinski definition) is 7. The first-order valence-corrected chi connectivity index (χ1v) is 9.70. The van der Waals surface area contributed by atoms with Gasteiger partial charge in [0, 0.05) is 21.8 Å². The van der Waals surface area contributed by atoms with E-state index in [2.05, 4.69) is 36.4 Å². The highest BCUT2D eigenvalue weighted by atomic mass is 79.9. The molecule has 0 unspecified atom stereocenters. The van der Waals surface area contributed by atoms with Gasteiger partial charge >= 0.3 is 0 Å². The van der Waals surface area contributed by atoms with Crippen LogP contribution in [0, 0.1) is 17.0 Å². The number of aromatic nitrogens is 3. The number of thioether (sulfide) groups is 1. The number of aromatic hydroxyl groups is 1. The van der Waals surface area contributed by atoms with Crippen molar-refractivity contribution in [2.45, 2.75) is 12.1 Å². The summed E-state index contributed by atoms with van der Waals surface area (Å²) in [4.78, 5) is 26.9. The first-order valence-electron chi connectivity index (χ1n) is 7.92. The monoisotopic (exact) mass is 463 g/mol. The van der Waals surface area contributed by atoms with Crippen LogP contribution in [0.15, 0.2) is 46.0 Å². The van der Waals surface area contributed by atoms with Crippen molar-refractivity contribution in [1.29, 1.82) is 0 Å². The molecule has 1 heterocycles. The molecule has 0 radical (unpaired) electrons. The fourth-order valence-electron chi connectivity index (χ4n) is 2.34. The van der Waals surface area contributed by atoms with Gasteiger partial charge < -0.3 is 10.4 Å². The first kappa shape index (κ1) is 19.8. The number of anilines is 1. The Hall–Kier alpha value is -2.92. The highest BCUT2D eigenvalue weighted by molar-refractivity contribution is 9.10. The second-order valence-corrected chi connectivity index (χ2v) is 7.58. The van der Waals surface area contributed by atoms with Crippen LogP contribution in [0.4, 0.5) is 11.4 Å². The largest absolute Gasteiger partial charge is 0.507 e. The van der Waals surface area contributed by atoms with Crippen molar-refractivity contribution in [2.24, 2.45) is 0 Å². The number of halogens is 1. The van der Waals surface area contributed by atoms with E-state index >= 15 is 0 Å². The van der Waals surface area contributed by atoms with Gasteiger partial charge in [-0.15, -0.1) is 5.10 Å². The molecule has 144 valence electrons. The molecule has 3 rings (SSSR count). The Balaban J connectivity index is 1.63. The minimum Gasteiger partial charge on any atom is -0.507 e. The zero-order valence-electron chi connectivity index (χ0n) is 14.5. The molecule has 3 aromatic rings. The molecule has 0 saturated heterocycles. The fraction of sp³-hybridized carbons (Fsp3) is 0.118. The molecule has 1 amide bonds. The Morgan fingerprint density at radius 1 is 1.36 bits per heavy atom. The number of benzene rings is 2. The number of hydrogen-bond donors (Lipinski definition) is 3. The summed E-state index contributed by atoms with van der Waals surface area (Å²) in [6, 6.07) is 9.42. The molecular formula is C17H14BrN5O4S. The van der Waals surface area contributed by atoms with Crippen LogP contribution in [0.2, 0.25) is 0 Å². The van der Waals surface area contributed by atoms with Crippen molar-refractivity contribution in [3.63, 3.8) is 0 Å². The van der Waals surface area contributed by atoms with Crippen LogP contribution in [0.25, 0.3) is 11.4 Å². The maximum Gasteiger partial charge on any atom is 0.274 e. The second-order valence-electron chi connectivity index (χ2n) is 5.72. The lowest BCUT2D eigenvalue weighted by Gasteiger charge is -2.05. The van der Waals surface area contributed by atoms with Gasteiger partial charge in [-0.05, 0) is 31.2 Å². The van der Waals surface area contributed by atoms with E-state index in [-0.39, 0.29) is 23.1 Å². The summed E-state index contributed by atoms with van der Waals surface area (Å²) >= 11 is 4.42. The summed E-state index contributed by atoms with van der Waals surface area (Å²) in [6.07, 6.45) is 0. The first-order chi connectivity index (χ1) is 13.3. The predicted molar refractivity (Wildman–Crippen MR) is 108 cm³/mol. The lowest BCUT2D eigenvalue weighted by Crippen LogP contribution is -2.14. The highest BCUT2D eigenvalue weighted by Crippen LogP contribution is 2.30. The van der Waals surface area contributed by atoms with Crippen LogP contribution in [-0.4, -0.2) is 36.9 Å². The number of H-pyrrole nitrogens is 1. The summed E-state index contributed by atoms with van der Waals surface area (Å²) in [7, 11) is 0. The molecule has 11 heteroatoms. The average Bonchev–Trinajstić information content (AvgIpc) is 3.12. The molecule has 0 bridgehead atoms. The molecular weight excluding hydrogens is 450 g/mol. The summed E-state index contributed by atoms with van der Waals surface area (Å²) in [6.45, 7) is 1.63. The molecule has 0 aliphatic rings. The molecule has 0 fully saturated rings. The van der Waals surface area contributed by atoms with Crippen molar-refractivity contribution in [3.05, 3.63) is 56.5 Å². The van der Waals surface area contributed by atoms with Crippen LogP contribution in [0.3, 0.4) is 0 Å². The lowest BCUT2D eigenvalue weighted by molar-refractivity contribution is -0.385. The topological polar surface area (TPSA) is 134 Å². The van der Waals surface area contributed by atoms with Crippen LogP contribution in [0.1, 0.15) is 5.56 Å². The Kier molecular flexibility index (Phi) is 5.95. The Labute approximate surface area is 171 Å². The number of nitrogens with one attached hydrogen (secondary N) is 2. The Morgan fingerprint density at radius 3 is 2.89 bits per heavy atom. The molecule has 0 atom stereocenters. The highest BCUT2D eigenvalue weighted by Gasteiger charge is 2.14. The van der Waals surface area contributed by atoms with Gasteiger partial charge in [-0.25, -0.2) is 4.98 Å². The summed E-state index contributed by atoms with van der Waals surface area (Å²) in [5, 5.41) is 30.6. The zero-order chi connectivity index (χ0) is 20.3. The van der Waals surface area contributed by atoms with Gasteiger partial charge in [0.05, 0.1) is 16.2 Å². The van der Waals surface area contributed by atoms with E-state index in [1.165, 1.54) is 12.1 Å². The number of nitrogens with zero attached hydrogens (tertiary/aromatic N) is 3. The second kappa shape index (κ2) is 8.40. The van der Waals surface area contributed by atoms with Gasteiger partial charge in [-0.3, -0.25) is 20.0 Å². The number of amides is 1. The number of carbonyl (C=O) groups is 1. The van der Waals surface area contributed by atoms with E-state index in [1.54, 1.807) is 31.2 Å². The summed E-state index contributed by atoms with van der Waals surface area (Å²) in [5.41, 5.74) is 1.28. The molecule has 1 aromatic heterocycles. The Morgan fingerprint density at radius 2 is 2.14 bits per heavy atom. The van der Waals surface area contributed by atoms with Gasteiger partial charge in [-0.1, -0.05) is 33.8 Å². The smallest absolute Gasteiger partial charge is 0.274 e. The molecule has 0 saturated carbocycles. The van der Waals surface area contributed by atoms with Crippen molar-refractivity contribution < 1.29 is 14.8 Å². The van der Waals surface area contributed by atoms with Gasteiger partial charge in [-0.2, -0.15) is 0 Å². The average molecular weight is 464 g/mol.